The Bertz CT molecular complexity index is 461. The Morgan fingerprint density at radius 2 is 2.14 bits per heavy atom. The third-order valence-electron chi connectivity index (χ3n) is 5.21. The molecule has 21 heavy (non-hydrogen) atoms. The van der Waals surface area contributed by atoms with E-state index < -0.39 is 0 Å². The molecule has 1 aliphatic rings. The SMILES string of the molecule is CCC(C)(C)C1CCC(NC)C(Sc2nccc(C)n2)C1. The molecule has 1 heterocycles. The predicted molar refractivity (Wildman–Crippen MR) is 90.7 cm³/mol. The normalized spacial score (nSPS) is 26.8. The molecule has 4 heteroatoms. The highest BCUT2D eigenvalue weighted by Crippen LogP contribution is 2.44. The van der Waals surface area contributed by atoms with E-state index in [0.717, 1.165) is 16.8 Å². The Morgan fingerprint density at radius 3 is 2.76 bits per heavy atom. The summed E-state index contributed by atoms with van der Waals surface area (Å²) in [6.45, 7) is 9.19. The number of nitrogens with one attached hydrogen (secondary N) is 1. The van der Waals surface area contributed by atoms with Crippen molar-refractivity contribution in [3.63, 3.8) is 0 Å². The van der Waals surface area contributed by atoms with Crippen LogP contribution in [0.1, 0.15) is 52.1 Å². The summed E-state index contributed by atoms with van der Waals surface area (Å²) < 4.78 is 0. The summed E-state index contributed by atoms with van der Waals surface area (Å²) in [5, 5.41) is 5.00. The molecular formula is C17H29N3S. The number of hydrogen-bond donors (Lipinski definition) is 1. The molecule has 1 aromatic heterocycles. The lowest BCUT2D eigenvalue weighted by molar-refractivity contribution is 0.142. The summed E-state index contributed by atoms with van der Waals surface area (Å²) in [7, 11) is 2.08. The molecule has 0 aliphatic heterocycles. The van der Waals surface area contributed by atoms with Gasteiger partial charge in [-0.3, -0.25) is 0 Å². The van der Waals surface area contributed by atoms with Crippen LogP contribution in [0.25, 0.3) is 0 Å². The lowest BCUT2D eigenvalue weighted by atomic mass is 9.68. The van der Waals surface area contributed by atoms with Gasteiger partial charge in [-0.15, -0.1) is 0 Å². The minimum Gasteiger partial charge on any atom is -0.316 e. The Labute approximate surface area is 133 Å². The van der Waals surface area contributed by atoms with Gasteiger partial charge in [0.1, 0.15) is 0 Å². The second-order valence-electron chi connectivity index (χ2n) is 6.88. The molecule has 0 bridgehead atoms. The topological polar surface area (TPSA) is 37.8 Å². The van der Waals surface area contributed by atoms with E-state index >= 15 is 0 Å². The van der Waals surface area contributed by atoms with Crippen LogP contribution >= 0.6 is 11.8 Å². The van der Waals surface area contributed by atoms with E-state index in [9.17, 15) is 0 Å². The van der Waals surface area contributed by atoms with Crippen LogP contribution in [0.5, 0.6) is 0 Å². The highest BCUT2D eigenvalue weighted by Gasteiger charge is 2.37. The predicted octanol–water partition coefficient (Wildman–Crippen LogP) is 4.07. The number of aromatic nitrogens is 2. The number of thioether (sulfide) groups is 1. The highest BCUT2D eigenvalue weighted by atomic mass is 32.2. The third-order valence-corrected chi connectivity index (χ3v) is 6.44. The first kappa shape index (κ1) is 16.8. The minimum absolute atomic E-state index is 0.435. The van der Waals surface area contributed by atoms with E-state index in [1.807, 2.05) is 30.9 Å². The zero-order chi connectivity index (χ0) is 15.5. The maximum atomic E-state index is 4.57. The van der Waals surface area contributed by atoms with Gasteiger partial charge in [-0.2, -0.15) is 0 Å². The van der Waals surface area contributed by atoms with Crippen molar-refractivity contribution in [2.75, 3.05) is 7.05 Å². The molecule has 118 valence electrons. The first-order valence-corrected chi connectivity index (χ1v) is 8.97. The zero-order valence-electron chi connectivity index (χ0n) is 14.0. The Kier molecular flexibility index (Phi) is 5.67. The number of aryl methyl sites for hydroxylation is 1. The van der Waals surface area contributed by atoms with Crippen molar-refractivity contribution in [1.29, 1.82) is 0 Å². The van der Waals surface area contributed by atoms with Gasteiger partial charge in [-0.05, 0) is 50.6 Å². The number of rotatable bonds is 5. The molecule has 0 radical (unpaired) electrons. The van der Waals surface area contributed by atoms with Crippen molar-refractivity contribution < 1.29 is 0 Å². The Hall–Kier alpha value is -0.610. The van der Waals surface area contributed by atoms with Crippen molar-refractivity contribution >= 4 is 11.8 Å². The van der Waals surface area contributed by atoms with Gasteiger partial charge in [0.2, 0.25) is 0 Å². The first-order chi connectivity index (χ1) is 9.96. The smallest absolute Gasteiger partial charge is 0.188 e. The number of hydrogen-bond acceptors (Lipinski definition) is 4. The van der Waals surface area contributed by atoms with E-state index in [1.54, 1.807) is 0 Å². The fraction of sp³-hybridized carbons (Fsp3) is 0.765. The summed E-state index contributed by atoms with van der Waals surface area (Å²) in [6.07, 6.45) is 6.97. The largest absolute Gasteiger partial charge is 0.316 e. The van der Waals surface area contributed by atoms with Gasteiger partial charge < -0.3 is 5.32 Å². The van der Waals surface area contributed by atoms with Gasteiger partial charge in [0, 0.05) is 23.2 Å². The van der Waals surface area contributed by atoms with Crippen molar-refractivity contribution in [3.8, 4) is 0 Å². The Balaban J connectivity index is 2.10. The average molecular weight is 308 g/mol. The second-order valence-corrected chi connectivity index (χ2v) is 8.09. The van der Waals surface area contributed by atoms with Crippen molar-refractivity contribution in [3.05, 3.63) is 18.0 Å². The van der Waals surface area contributed by atoms with Crippen LogP contribution in [0.3, 0.4) is 0 Å². The second kappa shape index (κ2) is 7.10. The van der Waals surface area contributed by atoms with E-state index in [4.69, 9.17) is 0 Å². The molecule has 3 unspecified atom stereocenters. The molecule has 1 saturated carbocycles. The third kappa shape index (κ3) is 4.19. The zero-order valence-corrected chi connectivity index (χ0v) is 14.8. The lowest BCUT2D eigenvalue weighted by Crippen LogP contribution is -2.43. The molecule has 1 aliphatic carbocycles. The monoisotopic (exact) mass is 307 g/mol. The maximum Gasteiger partial charge on any atom is 0.188 e. The van der Waals surface area contributed by atoms with Crippen molar-refractivity contribution in [2.45, 2.75) is 69.8 Å². The molecule has 0 aromatic carbocycles. The molecule has 1 aromatic rings. The van der Waals surface area contributed by atoms with Crippen LogP contribution in [-0.2, 0) is 0 Å². The van der Waals surface area contributed by atoms with Gasteiger partial charge >= 0.3 is 0 Å². The van der Waals surface area contributed by atoms with E-state index in [2.05, 4.69) is 43.1 Å². The fourth-order valence-electron chi connectivity index (χ4n) is 3.21. The van der Waals surface area contributed by atoms with Gasteiger partial charge in [-0.25, -0.2) is 9.97 Å². The van der Waals surface area contributed by atoms with Crippen LogP contribution in [0, 0.1) is 18.3 Å². The van der Waals surface area contributed by atoms with Gasteiger partial charge in [0.05, 0.1) is 0 Å². The van der Waals surface area contributed by atoms with Gasteiger partial charge in [0.25, 0.3) is 0 Å². The summed E-state index contributed by atoms with van der Waals surface area (Å²) in [6, 6.07) is 2.53. The van der Waals surface area contributed by atoms with E-state index in [0.29, 0.717) is 16.7 Å². The van der Waals surface area contributed by atoms with Crippen LogP contribution in [-0.4, -0.2) is 28.3 Å². The molecule has 3 nitrogen and oxygen atoms in total. The molecule has 2 rings (SSSR count). The molecular weight excluding hydrogens is 278 g/mol. The fourth-order valence-corrected chi connectivity index (χ4v) is 4.56. The van der Waals surface area contributed by atoms with Crippen molar-refractivity contribution in [2.24, 2.45) is 11.3 Å². The van der Waals surface area contributed by atoms with Crippen LogP contribution in [0.15, 0.2) is 17.4 Å². The van der Waals surface area contributed by atoms with Crippen LogP contribution in [0.2, 0.25) is 0 Å². The van der Waals surface area contributed by atoms with E-state index in [1.165, 1.54) is 25.7 Å². The van der Waals surface area contributed by atoms with Crippen LogP contribution < -0.4 is 5.32 Å². The average Bonchev–Trinajstić information content (AvgIpc) is 2.47. The molecule has 0 spiro atoms. The van der Waals surface area contributed by atoms with Gasteiger partial charge in [-0.1, -0.05) is 39.0 Å². The molecule has 1 N–H and O–H groups in total. The number of nitrogens with zero attached hydrogens (tertiary/aromatic N) is 2. The highest BCUT2D eigenvalue weighted by molar-refractivity contribution is 7.99. The molecule has 1 fully saturated rings. The van der Waals surface area contributed by atoms with Crippen LogP contribution in [0.4, 0.5) is 0 Å². The molecule has 0 amide bonds. The lowest BCUT2D eigenvalue weighted by Gasteiger charge is -2.42. The summed E-state index contributed by atoms with van der Waals surface area (Å²) in [5.74, 6) is 0.800. The summed E-state index contributed by atoms with van der Waals surface area (Å²) >= 11 is 1.86. The first-order valence-electron chi connectivity index (χ1n) is 8.10. The van der Waals surface area contributed by atoms with Gasteiger partial charge in [0.15, 0.2) is 5.16 Å². The maximum absolute atomic E-state index is 4.57. The van der Waals surface area contributed by atoms with Crippen molar-refractivity contribution in [1.82, 2.24) is 15.3 Å². The molecule has 0 saturated heterocycles. The standard InChI is InChI=1S/C17H29N3S/c1-6-17(3,4)13-7-8-14(18-5)15(11-13)21-16-19-10-9-12(2)20-16/h9-10,13-15,18H,6-8,11H2,1-5H3. The molecule has 3 atom stereocenters. The Morgan fingerprint density at radius 1 is 1.38 bits per heavy atom. The summed E-state index contributed by atoms with van der Waals surface area (Å²) in [5.41, 5.74) is 1.49. The quantitative estimate of drug-likeness (QED) is 0.832. The van der Waals surface area contributed by atoms with E-state index in [-0.39, 0.29) is 0 Å². The summed E-state index contributed by atoms with van der Waals surface area (Å²) in [4.78, 5) is 9.00. The minimum atomic E-state index is 0.435.